The van der Waals surface area contributed by atoms with Gasteiger partial charge in [0.15, 0.2) is 0 Å². The maximum atomic E-state index is 13.3. The quantitative estimate of drug-likeness (QED) is 0.648. The van der Waals surface area contributed by atoms with Crippen LogP contribution in [-0.2, 0) is 14.6 Å². The van der Waals surface area contributed by atoms with E-state index in [0.29, 0.717) is 24.3 Å². The van der Waals surface area contributed by atoms with E-state index in [1.165, 1.54) is 25.7 Å². The monoisotopic (exact) mass is 447 g/mol. The molecule has 30 heavy (non-hydrogen) atoms. The molecule has 0 aromatic carbocycles. The number of carbonyl (C=O) groups is 1. The largest absolute Gasteiger partial charge is 0.497 e. The summed E-state index contributed by atoms with van der Waals surface area (Å²) in [6, 6.07) is 0.358. The molecule has 7 rings (SSSR count). The summed E-state index contributed by atoms with van der Waals surface area (Å²) in [6.45, 7) is 0. The zero-order valence-electron chi connectivity index (χ0n) is 17.3. The second-order valence-corrected chi connectivity index (χ2v) is 13.2. The van der Waals surface area contributed by atoms with Gasteiger partial charge in [0.25, 0.3) is 0 Å². The van der Waals surface area contributed by atoms with Crippen LogP contribution in [0.25, 0.3) is 0 Å². The first-order chi connectivity index (χ1) is 14.0. The molecule has 0 aromatic rings. The highest BCUT2D eigenvalue weighted by atomic mass is 32.2. The van der Waals surface area contributed by atoms with Crippen LogP contribution in [0.2, 0.25) is 0 Å². The van der Waals surface area contributed by atoms with Gasteiger partial charge < -0.3 is 5.32 Å². The van der Waals surface area contributed by atoms with Crippen LogP contribution in [0.1, 0.15) is 77.0 Å². The summed E-state index contributed by atoms with van der Waals surface area (Å²) in [5.41, 5.74) is -5.54. The lowest BCUT2D eigenvalue weighted by atomic mass is 9.52. The van der Waals surface area contributed by atoms with E-state index in [4.69, 9.17) is 0 Å². The Kier molecular flexibility index (Phi) is 4.81. The molecule has 1 N–H and O–H groups in total. The van der Waals surface area contributed by atoms with Crippen LogP contribution in [0.4, 0.5) is 13.2 Å². The van der Waals surface area contributed by atoms with Gasteiger partial charge in [0.1, 0.15) is 0 Å². The predicted molar refractivity (Wildman–Crippen MR) is 106 cm³/mol. The minimum Gasteiger partial charge on any atom is -0.352 e. The van der Waals surface area contributed by atoms with Crippen molar-refractivity contribution in [2.45, 2.75) is 88.6 Å². The van der Waals surface area contributed by atoms with E-state index in [9.17, 15) is 26.4 Å². The minimum atomic E-state index is -5.16. The van der Waals surface area contributed by atoms with Crippen molar-refractivity contribution < 1.29 is 26.4 Å². The lowest BCUT2D eigenvalue weighted by Crippen LogP contribution is -2.54. The van der Waals surface area contributed by atoms with E-state index in [0.717, 1.165) is 50.4 Å². The van der Waals surface area contributed by atoms with Gasteiger partial charge in [0.2, 0.25) is 15.7 Å². The van der Waals surface area contributed by atoms with Crippen molar-refractivity contribution in [1.82, 2.24) is 5.32 Å². The van der Waals surface area contributed by atoms with Crippen molar-refractivity contribution in [2.24, 2.45) is 34.5 Å². The number of hydrogen-bond acceptors (Lipinski definition) is 3. The molecule has 0 saturated heterocycles. The topological polar surface area (TPSA) is 63.2 Å². The molecule has 0 spiro atoms. The first-order valence-electron chi connectivity index (χ1n) is 11.6. The molecular weight excluding hydrogens is 415 g/mol. The van der Waals surface area contributed by atoms with E-state index < -0.39 is 21.1 Å². The number of rotatable bonds is 6. The highest BCUT2D eigenvalue weighted by Crippen LogP contribution is 2.61. The highest BCUT2D eigenvalue weighted by Gasteiger charge is 2.57. The Balaban J connectivity index is 1.16. The van der Waals surface area contributed by atoms with Gasteiger partial charge in [-0.2, -0.15) is 13.2 Å². The summed E-state index contributed by atoms with van der Waals surface area (Å²) in [5.74, 6) is 2.43. The van der Waals surface area contributed by atoms with E-state index in [2.05, 4.69) is 5.32 Å². The molecule has 170 valence electrons. The zero-order valence-corrected chi connectivity index (χ0v) is 18.2. The summed E-state index contributed by atoms with van der Waals surface area (Å²) in [7, 11) is -5.03. The average molecular weight is 448 g/mol. The molecule has 7 fully saturated rings. The summed E-state index contributed by atoms with van der Waals surface area (Å²) in [6.07, 6.45) is 10.6. The lowest BCUT2D eigenvalue weighted by Gasteiger charge is -2.53. The molecule has 7 aliphatic rings. The molecule has 7 saturated carbocycles. The first-order valence-corrected chi connectivity index (χ1v) is 13.3. The van der Waals surface area contributed by atoms with Crippen molar-refractivity contribution in [3.63, 3.8) is 0 Å². The molecule has 5 unspecified atom stereocenters. The lowest BCUT2D eigenvalue weighted by molar-refractivity contribution is -0.142. The second kappa shape index (κ2) is 6.85. The van der Waals surface area contributed by atoms with Crippen molar-refractivity contribution >= 4 is 15.7 Å². The van der Waals surface area contributed by atoms with Gasteiger partial charge in [-0.15, -0.1) is 0 Å². The second-order valence-electron chi connectivity index (χ2n) is 11.1. The fourth-order valence-corrected chi connectivity index (χ4v) is 8.75. The fraction of sp³-hybridized carbons (Fsp3) is 0.955. The molecule has 1 amide bonds. The SMILES string of the molecule is O=C(NC1C2CC3CC(C2)C1C3)C12CCC(CCCS(=O)(=O)C(F)(F)F)(CC1)CC2. The number of alkyl halides is 3. The Labute approximate surface area is 176 Å². The Bertz CT molecular complexity index is 795. The van der Waals surface area contributed by atoms with Gasteiger partial charge in [-0.25, -0.2) is 8.42 Å². The van der Waals surface area contributed by atoms with Crippen molar-refractivity contribution in [1.29, 1.82) is 0 Å². The normalized spacial score (nSPS) is 44.6. The molecular formula is C22H32F3NO3S. The highest BCUT2D eigenvalue weighted by molar-refractivity contribution is 7.92. The summed E-state index contributed by atoms with van der Waals surface area (Å²) >= 11 is 0. The summed E-state index contributed by atoms with van der Waals surface area (Å²) in [4.78, 5) is 13.3. The third-order valence-corrected chi connectivity index (χ3v) is 11.2. The number of carbonyl (C=O) groups excluding carboxylic acids is 1. The van der Waals surface area contributed by atoms with E-state index in [-0.39, 0.29) is 23.2 Å². The van der Waals surface area contributed by atoms with Crippen molar-refractivity contribution in [2.75, 3.05) is 5.75 Å². The fourth-order valence-electron chi connectivity index (χ4n) is 8.00. The molecule has 5 atom stereocenters. The first kappa shape index (κ1) is 21.1. The number of hydrogen-bond donors (Lipinski definition) is 1. The molecule has 0 aliphatic heterocycles. The van der Waals surface area contributed by atoms with Crippen molar-refractivity contribution in [3.8, 4) is 0 Å². The Morgan fingerprint density at radius 2 is 1.57 bits per heavy atom. The van der Waals surface area contributed by atoms with Crippen LogP contribution >= 0.6 is 0 Å². The smallest absolute Gasteiger partial charge is 0.352 e. The van der Waals surface area contributed by atoms with Gasteiger partial charge in [-0.05, 0) is 106 Å². The van der Waals surface area contributed by atoms with Gasteiger partial charge in [-0.1, -0.05) is 0 Å². The standard InChI is InChI=1S/C22H32F3NO3S/c23-22(24,25)30(28,29)9-1-2-20-3-6-21(7-4-20,8-5-20)19(27)26-18-16-11-14-10-15(13-16)17(18)12-14/h14-18H,1-13H2,(H,26,27). The molecule has 0 heterocycles. The average Bonchev–Trinajstić information content (AvgIpc) is 3.10. The Hall–Kier alpha value is -0.790. The minimum absolute atomic E-state index is 0.0506. The van der Waals surface area contributed by atoms with Gasteiger partial charge in [-0.3, -0.25) is 4.79 Å². The van der Waals surface area contributed by atoms with E-state index in [1.54, 1.807) is 0 Å². The molecule has 6 bridgehead atoms. The van der Waals surface area contributed by atoms with Crippen LogP contribution in [0, 0.1) is 34.5 Å². The van der Waals surface area contributed by atoms with E-state index in [1.807, 2.05) is 0 Å². The van der Waals surface area contributed by atoms with Crippen LogP contribution in [-0.4, -0.2) is 31.6 Å². The summed E-state index contributed by atoms with van der Waals surface area (Å²) in [5, 5.41) is 3.47. The molecule has 8 heteroatoms. The third kappa shape index (κ3) is 3.30. The Morgan fingerprint density at radius 1 is 0.933 bits per heavy atom. The maximum absolute atomic E-state index is 13.3. The number of nitrogens with one attached hydrogen (secondary N) is 1. The van der Waals surface area contributed by atoms with Gasteiger partial charge in [0, 0.05) is 11.5 Å². The van der Waals surface area contributed by atoms with Crippen LogP contribution in [0.3, 0.4) is 0 Å². The molecule has 0 radical (unpaired) electrons. The van der Waals surface area contributed by atoms with Gasteiger partial charge in [0.05, 0.1) is 5.75 Å². The number of fused-ring (bicyclic) bond motifs is 3. The third-order valence-electron chi connectivity index (χ3n) is 9.71. The predicted octanol–water partition coefficient (Wildman–Crippen LogP) is 4.59. The number of sulfone groups is 1. The number of amides is 1. The summed E-state index contributed by atoms with van der Waals surface area (Å²) < 4.78 is 60.4. The molecule has 7 aliphatic carbocycles. The van der Waals surface area contributed by atoms with Crippen LogP contribution < -0.4 is 5.32 Å². The van der Waals surface area contributed by atoms with Crippen LogP contribution in [0.5, 0.6) is 0 Å². The number of halogens is 3. The molecule has 4 nitrogen and oxygen atoms in total. The van der Waals surface area contributed by atoms with Crippen molar-refractivity contribution in [3.05, 3.63) is 0 Å². The van der Waals surface area contributed by atoms with E-state index >= 15 is 0 Å². The van der Waals surface area contributed by atoms with Crippen LogP contribution in [0.15, 0.2) is 0 Å². The van der Waals surface area contributed by atoms with Gasteiger partial charge >= 0.3 is 5.51 Å². The Morgan fingerprint density at radius 3 is 2.17 bits per heavy atom. The molecule has 0 aromatic heterocycles. The zero-order chi connectivity index (χ0) is 21.4. The maximum Gasteiger partial charge on any atom is 0.497 e.